The van der Waals surface area contributed by atoms with Crippen LogP contribution in [0.4, 0.5) is 0 Å². The fraction of sp³-hybridized carbons (Fsp3) is 0.0909. The minimum absolute atomic E-state index is 0.239. The van der Waals surface area contributed by atoms with Gasteiger partial charge in [0.05, 0.1) is 6.54 Å². The molecule has 146 valence electrons. The molecule has 7 nitrogen and oxygen atoms in total. The second-order valence-corrected chi connectivity index (χ2v) is 7.51. The van der Waals surface area contributed by atoms with Gasteiger partial charge in [-0.05, 0) is 41.6 Å². The summed E-state index contributed by atoms with van der Waals surface area (Å²) in [5.74, 6) is 2.24. The van der Waals surface area contributed by atoms with Gasteiger partial charge in [0, 0.05) is 5.56 Å². The van der Waals surface area contributed by atoms with Crippen LogP contribution in [-0.2, 0) is 6.54 Å². The fourth-order valence-corrected chi connectivity index (χ4v) is 3.98. The molecular formula is C22H15N5O2S. The SMILES string of the molecule is N#Cc1cccc(Sc2nnc(-c3ccccc3)n2Cc2ccc3c(c2)OCO3)n1. The molecule has 0 radical (unpaired) electrons. The summed E-state index contributed by atoms with van der Waals surface area (Å²) in [5, 5.41) is 19.4. The van der Waals surface area contributed by atoms with Crippen molar-refractivity contribution in [2.45, 2.75) is 16.7 Å². The Labute approximate surface area is 176 Å². The molecule has 2 aromatic heterocycles. The molecule has 0 aliphatic carbocycles. The van der Waals surface area contributed by atoms with Crippen LogP contribution in [0, 0.1) is 11.3 Å². The highest BCUT2D eigenvalue weighted by molar-refractivity contribution is 7.99. The highest BCUT2D eigenvalue weighted by Crippen LogP contribution is 2.34. The average molecular weight is 413 g/mol. The van der Waals surface area contributed by atoms with Crippen LogP contribution >= 0.6 is 11.8 Å². The number of nitriles is 1. The number of pyridine rings is 1. The van der Waals surface area contributed by atoms with Crippen molar-refractivity contribution in [1.82, 2.24) is 19.7 Å². The average Bonchev–Trinajstić information content (AvgIpc) is 3.41. The van der Waals surface area contributed by atoms with Crippen LogP contribution in [0.25, 0.3) is 11.4 Å². The molecule has 0 spiro atoms. The first-order valence-corrected chi connectivity index (χ1v) is 10.0. The number of rotatable bonds is 5. The summed E-state index contributed by atoms with van der Waals surface area (Å²) in [6, 6.07) is 23.2. The van der Waals surface area contributed by atoms with Gasteiger partial charge in [-0.1, -0.05) is 42.5 Å². The van der Waals surface area contributed by atoms with Crippen LogP contribution in [0.15, 0.2) is 76.9 Å². The molecule has 0 bridgehead atoms. The highest BCUT2D eigenvalue weighted by Gasteiger charge is 2.18. The topological polar surface area (TPSA) is 85.9 Å². The third-order valence-corrected chi connectivity index (χ3v) is 5.48. The molecule has 1 aliphatic heterocycles. The quantitative estimate of drug-likeness (QED) is 0.486. The highest BCUT2D eigenvalue weighted by atomic mass is 32.2. The molecule has 3 heterocycles. The molecule has 0 unspecified atom stereocenters. The maximum Gasteiger partial charge on any atom is 0.231 e. The zero-order valence-corrected chi connectivity index (χ0v) is 16.5. The van der Waals surface area contributed by atoms with Gasteiger partial charge < -0.3 is 9.47 Å². The lowest BCUT2D eigenvalue weighted by atomic mass is 10.2. The van der Waals surface area contributed by atoms with Crippen LogP contribution in [0.2, 0.25) is 0 Å². The molecule has 0 amide bonds. The summed E-state index contributed by atoms with van der Waals surface area (Å²) < 4.78 is 13.0. The fourth-order valence-electron chi connectivity index (χ4n) is 3.16. The van der Waals surface area contributed by atoms with E-state index in [0.717, 1.165) is 28.5 Å². The number of benzene rings is 2. The van der Waals surface area contributed by atoms with Gasteiger partial charge >= 0.3 is 0 Å². The molecule has 8 heteroatoms. The molecule has 0 saturated carbocycles. The Balaban J connectivity index is 1.54. The first kappa shape index (κ1) is 18.2. The summed E-state index contributed by atoms with van der Waals surface area (Å²) >= 11 is 1.38. The summed E-state index contributed by atoms with van der Waals surface area (Å²) in [5.41, 5.74) is 2.37. The molecule has 2 aromatic carbocycles. The van der Waals surface area contributed by atoms with E-state index in [2.05, 4.69) is 21.3 Å². The Morgan fingerprint density at radius 3 is 2.70 bits per heavy atom. The van der Waals surface area contributed by atoms with Crippen LogP contribution in [0.5, 0.6) is 11.5 Å². The van der Waals surface area contributed by atoms with E-state index in [-0.39, 0.29) is 6.79 Å². The Bertz CT molecular complexity index is 1250. The van der Waals surface area contributed by atoms with E-state index in [1.54, 1.807) is 6.07 Å². The first-order valence-electron chi connectivity index (χ1n) is 9.22. The third-order valence-electron chi connectivity index (χ3n) is 4.56. The molecule has 4 aromatic rings. The van der Waals surface area contributed by atoms with Gasteiger partial charge in [0.2, 0.25) is 6.79 Å². The molecule has 1 aliphatic rings. The van der Waals surface area contributed by atoms with E-state index in [1.165, 1.54) is 11.8 Å². The lowest BCUT2D eigenvalue weighted by Gasteiger charge is -2.11. The third kappa shape index (κ3) is 3.58. The van der Waals surface area contributed by atoms with Crippen molar-refractivity contribution in [3.05, 3.63) is 78.0 Å². The van der Waals surface area contributed by atoms with E-state index in [4.69, 9.17) is 14.7 Å². The number of hydrogen-bond acceptors (Lipinski definition) is 7. The van der Waals surface area contributed by atoms with Crippen LogP contribution in [0.1, 0.15) is 11.3 Å². The summed E-state index contributed by atoms with van der Waals surface area (Å²) in [4.78, 5) is 4.35. The Morgan fingerprint density at radius 2 is 1.83 bits per heavy atom. The Hall–Kier alpha value is -3.83. The second kappa shape index (κ2) is 7.89. The molecule has 0 saturated heterocycles. The van der Waals surface area contributed by atoms with E-state index in [0.29, 0.717) is 22.4 Å². The van der Waals surface area contributed by atoms with E-state index >= 15 is 0 Å². The van der Waals surface area contributed by atoms with Crippen molar-refractivity contribution in [2.24, 2.45) is 0 Å². The minimum Gasteiger partial charge on any atom is -0.454 e. The molecule has 0 fully saturated rings. The standard InChI is InChI=1S/C22H15N5O2S/c23-12-17-7-4-8-20(24-17)30-22-26-25-21(16-5-2-1-3-6-16)27(22)13-15-9-10-18-19(11-15)29-14-28-18/h1-11H,13-14H2. The predicted molar refractivity (Wildman–Crippen MR) is 110 cm³/mol. The lowest BCUT2D eigenvalue weighted by Crippen LogP contribution is -2.04. The summed E-state index contributed by atoms with van der Waals surface area (Å²) in [7, 11) is 0. The number of nitrogens with zero attached hydrogens (tertiary/aromatic N) is 5. The van der Waals surface area contributed by atoms with Crippen molar-refractivity contribution in [1.29, 1.82) is 5.26 Å². The first-order chi connectivity index (χ1) is 14.8. The zero-order chi connectivity index (χ0) is 20.3. The van der Waals surface area contributed by atoms with E-state index in [1.807, 2.05) is 65.2 Å². The number of fused-ring (bicyclic) bond motifs is 1. The largest absolute Gasteiger partial charge is 0.454 e. The van der Waals surface area contributed by atoms with Gasteiger partial charge in [-0.25, -0.2) is 4.98 Å². The molecule has 0 N–H and O–H groups in total. The van der Waals surface area contributed by atoms with Gasteiger partial charge in [0.1, 0.15) is 16.8 Å². The predicted octanol–water partition coefficient (Wildman–Crippen LogP) is 4.14. The van der Waals surface area contributed by atoms with E-state index in [9.17, 15) is 0 Å². The van der Waals surface area contributed by atoms with Gasteiger partial charge in [-0.3, -0.25) is 4.57 Å². The Morgan fingerprint density at radius 1 is 0.967 bits per heavy atom. The van der Waals surface area contributed by atoms with Gasteiger partial charge in [-0.15, -0.1) is 10.2 Å². The summed E-state index contributed by atoms with van der Waals surface area (Å²) in [6.45, 7) is 0.789. The number of ether oxygens (including phenoxy) is 2. The van der Waals surface area contributed by atoms with Gasteiger partial charge in [-0.2, -0.15) is 5.26 Å². The van der Waals surface area contributed by atoms with Crippen molar-refractivity contribution in [3.63, 3.8) is 0 Å². The monoisotopic (exact) mass is 413 g/mol. The second-order valence-electron chi connectivity index (χ2n) is 6.52. The van der Waals surface area contributed by atoms with Crippen LogP contribution in [-0.4, -0.2) is 26.5 Å². The normalized spacial score (nSPS) is 12.0. The molecule has 30 heavy (non-hydrogen) atoms. The van der Waals surface area contributed by atoms with Crippen LogP contribution in [0.3, 0.4) is 0 Å². The van der Waals surface area contributed by atoms with Crippen molar-refractivity contribution in [2.75, 3.05) is 6.79 Å². The summed E-state index contributed by atoms with van der Waals surface area (Å²) in [6.07, 6.45) is 0. The van der Waals surface area contributed by atoms with Crippen molar-refractivity contribution >= 4 is 11.8 Å². The molecule has 0 atom stereocenters. The number of aromatic nitrogens is 4. The van der Waals surface area contributed by atoms with Crippen molar-refractivity contribution in [3.8, 4) is 29.0 Å². The maximum atomic E-state index is 9.13. The van der Waals surface area contributed by atoms with Gasteiger partial charge in [0.15, 0.2) is 22.5 Å². The molecule has 5 rings (SSSR count). The molecular weight excluding hydrogens is 398 g/mol. The minimum atomic E-state index is 0.239. The van der Waals surface area contributed by atoms with Crippen molar-refractivity contribution < 1.29 is 9.47 Å². The maximum absolute atomic E-state index is 9.13. The van der Waals surface area contributed by atoms with Gasteiger partial charge in [0.25, 0.3) is 0 Å². The smallest absolute Gasteiger partial charge is 0.231 e. The lowest BCUT2D eigenvalue weighted by molar-refractivity contribution is 0.174. The van der Waals surface area contributed by atoms with Crippen LogP contribution < -0.4 is 9.47 Å². The zero-order valence-electron chi connectivity index (χ0n) is 15.7. The Kier molecular flexibility index (Phi) is 4.79. The number of hydrogen-bond donors (Lipinski definition) is 0. The van der Waals surface area contributed by atoms with E-state index < -0.39 is 0 Å².